The van der Waals surface area contributed by atoms with Crippen molar-refractivity contribution >= 4 is 33.0 Å². The van der Waals surface area contributed by atoms with Crippen molar-refractivity contribution < 1.29 is 0 Å². The first-order valence-electron chi connectivity index (χ1n) is 6.22. The molecule has 0 saturated heterocycles. The summed E-state index contributed by atoms with van der Waals surface area (Å²) in [4.78, 5) is 0. The van der Waals surface area contributed by atoms with Crippen LogP contribution in [0.25, 0.3) is 10.1 Å². The minimum atomic E-state index is 0.715. The second-order valence-electron chi connectivity index (χ2n) is 4.74. The molecule has 0 atom stereocenters. The van der Waals surface area contributed by atoms with Crippen molar-refractivity contribution in [2.24, 2.45) is 0 Å². The van der Waals surface area contributed by atoms with Gasteiger partial charge in [-0.15, -0.1) is 11.3 Å². The highest BCUT2D eigenvalue weighted by molar-refractivity contribution is 7.17. The second kappa shape index (κ2) is 4.97. The molecule has 3 heteroatoms. The Bertz CT molecular complexity index is 514. The number of thiophene rings is 1. The van der Waals surface area contributed by atoms with E-state index in [1.807, 2.05) is 12.1 Å². The summed E-state index contributed by atoms with van der Waals surface area (Å²) >= 11 is 8.06. The van der Waals surface area contributed by atoms with Gasteiger partial charge in [-0.3, -0.25) is 0 Å². The maximum Gasteiger partial charge on any atom is 0.0496 e. The predicted molar refractivity (Wildman–Crippen MR) is 75.9 cm³/mol. The topological polar surface area (TPSA) is 12.0 Å². The van der Waals surface area contributed by atoms with E-state index in [0.29, 0.717) is 6.04 Å². The van der Waals surface area contributed by atoms with Gasteiger partial charge in [-0.05, 0) is 35.9 Å². The molecule has 0 radical (unpaired) electrons. The lowest BCUT2D eigenvalue weighted by Crippen LogP contribution is -2.25. The first kappa shape index (κ1) is 11.5. The van der Waals surface area contributed by atoms with Gasteiger partial charge >= 0.3 is 0 Å². The van der Waals surface area contributed by atoms with Crippen molar-refractivity contribution in [3.05, 3.63) is 34.2 Å². The number of hydrogen-bond acceptors (Lipinski definition) is 2. The van der Waals surface area contributed by atoms with Crippen molar-refractivity contribution in [1.29, 1.82) is 0 Å². The summed E-state index contributed by atoms with van der Waals surface area (Å²) in [6, 6.07) is 6.86. The number of benzene rings is 1. The van der Waals surface area contributed by atoms with Crippen molar-refractivity contribution in [1.82, 2.24) is 5.32 Å². The van der Waals surface area contributed by atoms with Crippen LogP contribution in [0.4, 0.5) is 0 Å². The first-order valence-corrected chi connectivity index (χ1v) is 7.48. The van der Waals surface area contributed by atoms with Crippen LogP contribution in [0, 0.1) is 0 Å². The van der Waals surface area contributed by atoms with Crippen molar-refractivity contribution in [3.8, 4) is 0 Å². The van der Waals surface area contributed by atoms with Crippen LogP contribution in [-0.2, 0) is 6.54 Å². The Morgan fingerprint density at radius 3 is 2.94 bits per heavy atom. The molecule has 1 fully saturated rings. The number of hydrogen-bond donors (Lipinski definition) is 1. The molecular weight excluding hydrogens is 250 g/mol. The number of rotatable bonds is 3. The smallest absolute Gasteiger partial charge is 0.0496 e. The minimum absolute atomic E-state index is 0.715. The molecule has 1 aliphatic carbocycles. The Morgan fingerprint density at radius 2 is 2.12 bits per heavy atom. The van der Waals surface area contributed by atoms with Gasteiger partial charge in [0, 0.05) is 27.7 Å². The second-order valence-corrected chi connectivity index (χ2v) is 6.05. The summed E-state index contributed by atoms with van der Waals surface area (Å²) in [5.74, 6) is 0. The Balaban J connectivity index is 1.80. The fraction of sp³-hybridized carbons (Fsp3) is 0.429. The van der Waals surface area contributed by atoms with Gasteiger partial charge in [0.15, 0.2) is 0 Å². The van der Waals surface area contributed by atoms with E-state index in [1.165, 1.54) is 41.3 Å². The first-order chi connectivity index (χ1) is 8.34. The lowest BCUT2D eigenvalue weighted by molar-refractivity contribution is 0.526. The summed E-state index contributed by atoms with van der Waals surface area (Å²) in [5, 5.41) is 8.01. The molecule has 1 saturated carbocycles. The van der Waals surface area contributed by atoms with Gasteiger partial charge in [0.05, 0.1) is 0 Å². The zero-order valence-corrected chi connectivity index (χ0v) is 11.3. The summed E-state index contributed by atoms with van der Waals surface area (Å²) in [7, 11) is 0. The maximum absolute atomic E-state index is 6.28. The molecule has 0 spiro atoms. The van der Waals surface area contributed by atoms with Gasteiger partial charge in [-0.2, -0.15) is 0 Å². The molecule has 1 aliphatic rings. The molecule has 17 heavy (non-hydrogen) atoms. The van der Waals surface area contributed by atoms with Crippen LogP contribution < -0.4 is 5.32 Å². The van der Waals surface area contributed by atoms with E-state index in [9.17, 15) is 0 Å². The monoisotopic (exact) mass is 265 g/mol. The van der Waals surface area contributed by atoms with Gasteiger partial charge in [-0.25, -0.2) is 0 Å². The number of fused-ring (bicyclic) bond motifs is 1. The fourth-order valence-corrected chi connectivity index (χ4v) is 3.96. The predicted octanol–water partition coefficient (Wildman–Crippen LogP) is 4.59. The zero-order valence-electron chi connectivity index (χ0n) is 9.71. The molecule has 1 aromatic carbocycles. The normalized spacial score (nSPS) is 17.0. The lowest BCUT2D eigenvalue weighted by atomic mass is 10.1. The highest BCUT2D eigenvalue weighted by Gasteiger charge is 2.15. The van der Waals surface area contributed by atoms with E-state index in [-0.39, 0.29) is 0 Å². The number of nitrogens with one attached hydrogen (secondary N) is 1. The summed E-state index contributed by atoms with van der Waals surface area (Å²) in [5.41, 5.74) is 1.35. The van der Waals surface area contributed by atoms with Crippen LogP contribution in [-0.4, -0.2) is 6.04 Å². The average molecular weight is 266 g/mol. The molecule has 90 valence electrons. The minimum Gasteiger partial charge on any atom is -0.310 e. The molecule has 0 bridgehead atoms. The van der Waals surface area contributed by atoms with E-state index in [0.717, 1.165) is 11.6 Å². The highest BCUT2D eigenvalue weighted by Crippen LogP contribution is 2.32. The fourth-order valence-electron chi connectivity index (χ4n) is 2.62. The van der Waals surface area contributed by atoms with Crippen LogP contribution in [0.1, 0.15) is 31.2 Å². The van der Waals surface area contributed by atoms with Crippen LogP contribution in [0.15, 0.2) is 23.6 Å². The third kappa shape index (κ3) is 2.35. The zero-order chi connectivity index (χ0) is 11.7. The molecule has 2 aromatic rings. The van der Waals surface area contributed by atoms with E-state index in [1.54, 1.807) is 11.3 Å². The van der Waals surface area contributed by atoms with E-state index >= 15 is 0 Å². The largest absolute Gasteiger partial charge is 0.310 e. The van der Waals surface area contributed by atoms with Gasteiger partial charge in [0.1, 0.15) is 0 Å². The average Bonchev–Trinajstić information content (AvgIpc) is 2.95. The Kier molecular flexibility index (Phi) is 3.37. The molecule has 3 rings (SSSR count). The third-order valence-corrected chi connectivity index (χ3v) is 4.87. The molecule has 0 amide bonds. The van der Waals surface area contributed by atoms with Crippen LogP contribution in [0.3, 0.4) is 0 Å². The molecule has 1 N–H and O–H groups in total. The van der Waals surface area contributed by atoms with Crippen LogP contribution in [0.2, 0.25) is 5.02 Å². The highest BCUT2D eigenvalue weighted by atomic mass is 35.5. The summed E-state index contributed by atoms with van der Waals surface area (Å²) in [6.07, 6.45) is 5.41. The van der Waals surface area contributed by atoms with Crippen LogP contribution in [0.5, 0.6) is 0 Å². The lowest BCUT2D eigenvalue weighted by Gasteiger charge is -2.11. The van der Waals surface area contributed by atoms with Crippen molar-refractivity contribution in [2.45, 2.75) is 38.3 Å². The molecule has 1 heterocycles. The van der Waals surface area contributed by atoms with Gasteiger partial charge in [0.25, 0.3) is 0 Å². The molecular formula is C14H16ClNS. The third-order valence-electron chi connectivity index (χ3n) is 3.56. The molecule has 1 aromatic heterocycles. The Hall–Kier alpha value is -0.570. The van der Waals surface area contributed by atoms with Crippen molar-refractivity contribution in [2.75, 3.05) is 0 Å². The quantitative estimate of drug-likeness (QED) is 0.856. The van der Waals surface area contributed by atoms with Gasteiger partial charge in [-0.1, -0.05) is 30.5 Å². The van der Waals surface area contributed by atoms with Crippen LogP contribution >= 0.6 is 22.9 Å². The molecule has 0 unspecified atom stereocenters. The Labute approximate surface area is 111 Å². The van der Waals surface area contributed by atoms with E-state index in [4.69, 9.17) is 11.6 Å². The maximum atomic E-state index is 6.28. The summed E-state index contributed by atoms with van der Waals surface area (Å²) < 4.78 is 1.29. The van der Waals surface area contributed by atoms with Gasteiger partial charge < -0.3 is 5.32 Å². The standard InChI is InChI=1S/C14H16ClNS/c15-12-6-3-7-13-14(12)10(9-17-13)8-16-11-4-1-2-5-11/h3,6-7,9,11,16H,1-2,4-5,8H2. The number of halogens is 1. The van der Waals surface area contributed by atoms with Crippen molar-refractivity contribution in [3.63, 3.8) is 0 Å². The molecule has 1 nitrogen and oxygen atoms in total. The van der Waals surface area contributed by atoms with Gasteiger partial charge in [0.2, 0.25) is 0 Å². The Morgan fingerprint density at radius 1 is 1.29 bits per heavy atom. The molecule has 0 aliphatic heterocycles. The summed E-state index contributed by atoms with van der Waals surface area (Å²) in [6.45, 7) is 0.953. The van der Waals surface area contributed by atoms with E-state index in [2.05, 4.69) is 16.8 Å². The SMILES string of the molecule is Clc1cccc2scc(CNC3CCCC3)c12. The van der Waals surface area contributed by atoms with E-state index < -0.39 is 0 Å².